The van der Waals surface area contributed by atoms with Gasteiger partial charge in [0.2, 0.25) is 5.91 Å². The fourth-order valence-corrected chi connectivity index (χ4v) is 1.56. The number of hydrogen-bond acceptors (Lipinski definition) is 3. The predicted octanol–water partition coefficient (Wildman–Crippen LogP) is 1.51. The van der Waals surface area contributed by atoms with Gasteiger partial charge in [-0.05, 0) is 0 Å². The molecule has 12 heavy (non-hydrogen) atoms. The average Bonchev–Trinajstić information content (AvgIpc) is 2.55. The van der Waals surface area contributed by atoms with Gasteiger partial charge in [-0.15, -0.1) is 11.3 Å². The molecule has 1 aromatic heterocycles. The Labute approximate surface area is 76.0 Å². The normalized spacial score (nSPS) is 9.83. The van der Waals surface area contributed by atoms with E-state index in [0.29, 0.717) is 13.0 Å². The monoisotopic (exact) mass is 184 g/mol. The van der Waals surface area contributed by atoms with Crippen LogP contribution in [0.3, 0.4) is 0 Å². The average molecular weight is 184 g/mol. The molecule has 0 saturated heterocycles. The fraction of sp³-hybridized carbons (Fsp3) is 0.500. The van der Waals surface area contributed by atoms with Crippen LogP contribution in [0.25, 0.3) is 0 Å². The number of hydrogen-bond donors (Lipinski definition) is 0. The van der Waals surface area contributed by atoms with E-state index in [-0.39, 0.29) is 5.91 Å². The van der Waals surface area contributed by atoms with Crippen LogP contribution >= 0.6 is 11.3 Å². The first-order valence-corrected chi connectivity index (χ1v) is 4.74. The van der Waals surface area contributed by atoms with Crippen LogP contribution in [0.1, 0.15) is 18.4 Å². The summed E-state index contributed by atoms with van der Waals surface area (Å²) < 4.78 is 0. The molecule has 0 aliphatic rings. The van der Waals surface area contributed by atoms with Gasteiger partial charge in [-0.25, -0.2) is 4.98 Å². The second-order valence-electron chi connectivity index (χ2n) is 2.53. The molecule has 0 aliphatic carbocycles. The summed E-state index contributed by atoms with van der Waals surface area (Å²) in [5.41, 5.74) is 0. The van der Waals surface area contributed by atoms with E-state index in [4.69, 9.17) is 0 Å². The molecule has 4 heteroatoms. The van der Waals surface area contributed by atoms with Gasteiger partial charge < -0.3 is 4.90 Å². The van der Waals surface area contributed by atoms with Crippen LogP contribution < -0.4 is 0 Å². The number of nitrogens with zero attached hydrogens (tertiary/aromatic N) is 2. The highest BCUT2D eigenvalue weighted by molar-refractivity contribution is 7.09. The number of rotatable bonds is 3. The lowest BCUT2D eigenvalue weighted by atomic mass is 10.4. The number of aromatic nitrogens is 1. The molecule has 0 bridgehead atoms. The highest BCUT2D eigenvalue weighted by atomic mass is 32.1. The summed E-state index contributed by atoms with van der Waals surface area (Å²) >= 11 is 1.57. The lowest BCUT2D eigenvalue weighted by Crippen LogP contribution is -2.24. The molecule has 66 valence electrons. The smallest absolute Gasteiger partial charge is 0.222 e. The van der Waals surface area contributed by atoms with E-state index in [1.54, 1.807) is 29.5 Å². The maximum atomic E-state index is 11.1. The zero-order valence-electron chi connectivity index (χ0n) is 7.28. The number of thiazole rings is 1. The fourth-order valence-electron chi connectivity index (χ4n) is 0.892. The van der Waals surface area contributed by atoms with Gasteiger partial charge in [-0.1, -0.05) is 6.92 Å². The topological polar surface area (TPSA) is 33.2 Å². The molecular formula is C8H12N2OS. The molecule has 0 N–H and O–H groups in total. The third kappa shape index (κ3) is 2.30. The SMILES string of the molecule is CCC(=O)N(C)Cc1nccs1. The maximum absolute atomic E-state index is 11.1. The Kier molecular flexibility index (Phi) is 3.22. The minimum absolute atomic E-state index is 0.158. The van der Waals surface area contributed by atoms with Gasteiger partial charge in [0.25, 0.3) is 0 Å². The third-order valence-electron chi connectivity index (χ3n) is 1.58. The van der Waals surface area contributed by atoms with Gasteiger partial charge in [-0.3, -0.25) is 4.79 Å². The van der Waals surface area contributed by atoms with Crippen LogP contribution in [0.2, 0.25) is 0 Å². The third-order valence-corrected chi connectivity index (χ3v) is 2.35. The van der Waals surface area contributed by atoms with Gasteiger partial charge >= 0.3 is 0 Å². The Bertz CT molecular complexity index is 246. The van der Waals surface area contributed by atoms with Crippen LogP contribution in [0.4, 0.5) is 0 Å². The highest BCUT2D eigenvalue weighted by Crippen LogP contribution is 2.07. The molecule has 0 saturated carbocycles. The molecule has 3 nitrogen and oxygen atoms in total. The lowest BCUT2D eigenvalue weighted by molar-refractivity contribution is -0.130. The van der Waals surface area contributed by atoms with Crippen molar-refractivity contribution in [2.45, 2.75) is 19.9 Å². The molecule has 1 rings (SSSR count). The summed E-state index contributed by atoms with van der Waals surface area (Å²) in [5, 5.41) is 2.90. The van der Waals surface area contributed by atoms with E-state index in [0.717, 1.165) is 5.01 Å². The van der Waals surface area contributed by atoms with Crippen molar-refractivity contribution in [1.29, 1.82) is 0 Å². The number of carbonyl (C=O) groups is 1. The van der Waals surface area contributed by atoms with Crippen molar-refractivity contribution in [2.75, 3.05) is 7.05 Å². The Morgan fingerprint density at radius 1 is 1.75 bits per heavy atom. The van der Waals surface area contributed by atoms with E-state index in [1.165, 1.54) is 0 Å². The van der Waals surface area contributed by atoms with E-state index < -0.39 is 0 Å². The Morgan fingerprint density at radius 3 is 3.00 bits per heavy atom. The van der Waals surface area contributed by atoms with Gasteiger partial charge in [0.15, 0.2) is 0 Å². The number of amides is 1. The Balaban J connectivity index is 2.47. The van der Waals surface area contributed by atoms with E-state index >= 15 is 0 Å². The van der Waals surface area contributed by atoms with Crippen molar-refractivity contribution >= 4 is 17.2 Å². The molecule has 0 aliphatic heterocycles. The summed E-state index contributed by atoms with van der Waals surface area (Å²) in [6, 6.07) is 0. The molecular weight excluding hydrogens is 172 g/mol. The molecule has 1 amide bonds. The Hall–Kier alpha value is -0.900. The van der Waals surface area contributed by atoms with Gasteiger partial charge in [0.1, 0.15) is 5.01 Å². The molecule has 0 aromatic carbocycles. The van der Waals surface area contributed by atoms with E-state index in [2.05, 4.69) is 4.98 Å². The van der Waals surface area contributed by atoms with Gasteiger partial charge in [0.05, 0.1) is 6.54 Å². The summed E-state index contributed by atoms with van der Waals surface area (Å²) in [7, 11) is 1.80. The second kappa shape index (κ2) is 4.21. The zero-order chi connectivity index (χ0) is 8.97. The molecule has 0 radical (unpaired) electrons. The standard InChI is InChI=1S/C8H12N2OS/c1-3-8(11)10(2)6-7-9-4-5-12-7/h4-5H,3,6H2,1-2H3. The largest absolute Gasteiger partial charge is 0.339 e. The summed E-state index contributed by atoms with van der Waals surface area (Å²) in [6.07, 6.45) is 2.31. The van der Waals surface area contributed by atoms with E-state index in [9.17, 15) is 4.79 Å². The molecule has 1 aromatic rings. The van der Waals surface area contributed by atoms with Crippen molar-refractivity contribution in [2.24, 2.45) is 0 Å². The van der Waals surface area contributed by atoms with Crippen LogP contribution in [0.5, 0.6) is 0 Å². The highest BCUT2D eigenvalue weighted by Gasteiger charge is 2.06. The van der Waals surface area contributed by atoms with Crippen LogP contribution in [-0.4, -0.2) is 22.8 Å². The first kappa shape index (κ1) is 9.19. The maximum Gasteiger partial charge on any atom is 0.222 e. The van der Waals surface area contributed by atoms with Crippen molar-refractivity contribution in [1.82, 2.24) is 9.88 Å². The van der Waals surface area contributed by atoms with Crippen LogP contribution in [-0.2, 0) is 11.3 Å². The molecule has 0 spiro atoms. The van der Waals surface area contributed by atoms with Crippen LogP contribution in [0.15, 0.2) is 11.6 Å². The van der Waals surface area contributed by atoms with E-state index in [1.807, 2.05) is 12.3 Å². The minimum Gasteiger partial charge on any atom is -0.339 e. The summed E-state index contributed by atoms with van der Waals surface area (Å²) in [4.78, 5) is 16.9. The Morgan fingerprint density at radius 2 is 2.50 bits per heavy atom. The summed E-state index contributed by atoms with van der Waals surface area (Å²) in [5.74, 6) is 0.158. The number of carbonyl (C=O) groups excluding carboxylic acids is 1. The van der Waals surface area contributed by atoms with Gasteiger partial charge in [-0.2, -0.15) is 0 Å². The van der Waals surface area contributed by atoms with Crippen molar-refractivity contribution in [3.63, 3.8) is 0 Å². The molecule has 0 unspecified atom stereocenters. The minimum atomic E-state index is 0.158. The molecule has 0 atom stereocenters. The summed E-state index contributed by atoms with van der Waals surface area (Å²) in [6.45, 7) is 2.49. The lowest BCUT2D eigenvalue weighted by Gasteiger charge is -2.13. The van der Waals surface area contributed by atoms with Gasteiger partial charge in [0, 0.05) is 25.0 Å². The second-order valence-corrected chi connectivity index (χ2v) is 3.51. The molecule has 1 heterocycles. The zero-order valence-corrected chi connectivity index (χ0v) is 8.10. The molecule has 0 fully saturated rings. The van der Waals surface area contributed by atoms with Crippen molar-refractivity contribution < 1.29 is 4.79 Å². The predicted molar refractivity (Wildman–Crippen MR) is 48.9 cm³/mol. The first-order valence-electron chi connectivity index (χ1n) is 3.86. The first-order chi connectivity index (χ1) is 5.74. The van der Waals surface area contributed by atoms with Crippen LogP contribution in [0, 0.1) is 0 Å². The van der Waals surface area contributed by atoms with Crippen molar-refractivity contribution in [3.05, 3.63) is 16.6 Å². The quantitative estimate of drug-likeness (QED) is 0.713. The van der Waals surface area contributed by atoms with Crippen molar-refractivity contribution in [3.8, 4) is 0 Å².